The number of aromatic nitrogens is 2. The maximum absolute atomic E-state index is 5.90. The summed E-state index contributed by atoms with van der Waals surface area (Å²) >= 11 is 3.17. The lowest BCUT2D eigenvalue weighted by Gasteiger charge is -2.25. The van der Waals surface area contributed by atoms with Gasteiger partial charge in [-0.1, -0.05) is 41.1 Å². The second kappa shape index (κ2) is 6.77. The van der Waals surface area contributed by atoms with Crippen molar-refractivity contribution in [3.63, 3.8) is 0 Å². The van der Waals surface area contributed by atoms with Crippen LogP contribution in [0.25, 0.3) is 0 Å². The van der Waals surface area contributed by atoms with E-state index in [9.17, 15) is 0 Å². The number of hydrogen-bond donors (Lipinski definition) is 0. The van der Waals surface area contributed by atoms with E-state index in [0.29, 0.717) is 5.19 Å². The van der Waals surface area contributed by atoms with Crippen molar-refractivity contribution >= 4 is 23.1 Å². The average molecular weight is 322 g/mol. The molecular weight excluding hydrogens is 304 g/mol. The number of thioether (sulfide) groups is 1. The van der Waals surface area contributed by atoms with Crippen LogP contribution in [0.15, 0.2) is 28.6 Å². The molecule has 0 saturated carbocycles. The van der Waals surface area contributed by atoms with Crippen molar-refractivity contribution in [2.75, 3.05) is 12.4 Å². The molecule has 1 atom stereocenters. The smallest absolute Gasteiger partial charge is 0.295 e. The maximum Gasteiger partial charge on any atom is 0.295 e. The largest absolute Gasteiger partial charge is 0.466 e. The first-order chi connectivity index (χ1) is 10.2. The third kappa shape index (κ3) is 3.75. The lowest BCUT2D eigenvalue weighted by atomic mass is 9.99. The van der Waals surface area contributed by atoms with Crippen LogP contribution >= 0.6 is 23.1 Å². The van der Waals surface area contributed by atoms with Crippen molar-refractivity contribution in [1.82, 2.24) is 10.2 Å². The van der Waals surface area contributed by atoms with E-state index < -0.39 is 0 Å². The summed E-state index contributed by atoms with van der Waals surface area (Å²) in [6, 6.07) is 8.52. The number of rotatable bonds is 5. The fourth-order valence-electron chi connectivity index (χ4n) is 2.27. The predicted molar refractivity (Wildman–Crippen MR) is 85.2 cm³/mol. The standard InChI is InChI=1S/C15H18N2O2S2/c1-10(2)19-14-16-17-15(21-14)20-9-13-12-6-4-3-5-11(12)7-8-18-13/h3-6,10,13H,7-9H2,1-2H3/t13-/m1/s1. The lowest BCUT2D eigenvalue weighted by molar-refractivity contribution is 0.0588. The van der Waals surface area contributed by atoms with Crippen LogP contribution in [0.2, 0.25) is 0 Å². The molecule has 0 fully saturated rings. The summed E-state index contributed by atoms with van der Waals surface area (Å²) in [7, 11) is 0. The second-order valence-electron chi connectivity index (χ2n) is 5.12. The van der Waals surface area contributed by atoms with Crippen LogP contribution in [0.1, 0.15) is 31.1 Å². The van der Waals surface area contributed by atoms with Crippen LogP contribution in [0, 0.1) is 0 Å². The Morgan fingerprint density at radius 2 is 2.24 bits per heavy atom. The van der Waals surface area contributed by atoms with E-state index in [2.05, 4.69) is 34.5 Å². The molecule has 1 aliphatic heterocycles. The van der Waals surface area contributed by atoms with Gasteiger partial charge in [-0.3, -0.25) is 0 Å². The second-order valence-corrected chi connectivity index (χ2v) is 7.33. The zero-order chi connectivity index (χ0) is 14.7. The normalized spacial score (nSPS) is 17.8. The molecule has 4 nitrogen and oxygen atoms in total. The minimum atomic E-state index is 0.129. The quantitative estimate of drug-likeness (QED) is 0.785. The SMILES string of the molecule is CC(C)Oc1nnc(SC[C@H]2OCCc3ccccc32)s1. The van der Waals surface area contributed by atoms with Gasteiger partial charge in [0.1, 0.15) is 0 Å². The number of ether oxygens (including phenoxy) is 2. The van der Waals surface area contributed by atoms with Crippen LogP contribution in [0.3, 0.4) is 0 Å². The van der Waals surface area contributed by atoms with Gasteiger partial charge in [0, 0.05) is 5.75 Å². The third-order valence-electron chi connectivity index (χ3n) is 3.18. The van der Waals surface area contributed by atoms with E-state index in [0.717, 1.165) is 23.1 Å². The van der Waals surface area contributed by atoms with Crippen LogP contribution in [-0.4, -0.2) is 28.7 Å². The Morgan fingerprint density at radius 1 is 1.38 bits per heavy atom. The highest BCUT2D eigenvalue weighted by molar-refractivity contribution is 8.01. The van der Waals surface area contributed by atoms with Crippen molar-refractivity contribution < 1.29 is 9.47 Å². The summed E-state index contributed by atoms with van der Waals surface area (Å²) < 4.78 is 12.4. The Labute approximate surface area is 132 Å². The van der Waals surface area contributed by atoms with Gasteiger partial charge < -0.3 is 9.47 Å². The summed E-state index contributed by atoms with van der Waals surface area (Å²) in [6.45, 7) is 4.77. The van der Waals surface area contributed by atoms with Gasteiger partial charge in [0.2, 0.25) is 0 Å². The third-order valence-corrected chi connectivity index (χ3v) is 5.19. The summed E-state index contributed by atoms with van der Waals surface area (Å²) in [5, 5.41) is 8.85. The molecule has 3 rings (SSSR count). The van der Waals surface area contributed by atoms with E-state index in [1.165, 1.54) is 22.5 Å². The number of nitrogens with zero attached hydrogens (tertiary/aromatic N) is 2. The molecule has 0 aliphatic carbocycles. The molecule has 2 aromatic rings. The minimum absolute atomic E-state index is 0.129. The summed E-state index contributed by atoms with van der Waals surface area (Å²) in [6.07, 6.45) is 1.27. The molecule has 0 bridgehead atoms. The van der Waals surface area contributed by atoms with Gasteiger partial charge in [-0.2, -0.15) is 0 Å². The fourth-order valence-corrected chi connectivity index (χ4v) is 4.14. The first-order valence-electron chi connectivity index (χ1n) is 7.04. The summed E-state index contributed by atoms with van der Waals surface area (Å²) in [5.74, 6) is 0.854. The van der Waals surface area contributed by atoms with Gasteiger partial charge in [0.05, 0.1) is 18.8 Å². The summed E-state index contributed by atoms with van der Waals surface area (Å²) in [4.78, 5) is 0. The van der Waals surface area contributed by atoms with E-state index in [4.69, 9.17) is 9.47 Å². The molecule has 6 heteroatoms. The zero-order valence-electron chi connectivity index (χ0n) is 12.1. The van der Waals surface area contributed by atoms with Crippen LogP contribution in [0.4, 0.5) is 0 Å². The molecule has 0 spiro atoms. The number of fused-ring (bicyclic) bond motifs is 1. The molecule has 21 heavy (non-hydrogen) atoms. The molecule has 0 saturated heterocycles. The maximum atomic E-state index is 5.90. The Balaban J connectivity index is 1.62. The van der Waals surface area contributed by atoms with Crippen molar-refractivity contribution in [2.24, 2.45) is 0 Å². The minimum Gasteiger partial charge on any atom is -0.466 e. The van der Waals surface area contributed by atoms with E-state index in [1.54, 1.807) is 11.8 Å². The van der Waals surface area contributed by atoms with Crippen molar-refractivity contribution in [3.8, 4) is 5.19 Å². The molecule has 2 heterocycles. The zero-order valence-corrected chi connectivity index (χ0v) is 13.7. The van der Waals surface area contributed by atoms with Gasteiger partial charge in [-0.15, -0.1) is 5.10 Å². The molecule has 0 amide bonds. The van der Waals surface area contributed by atoms with Gasteiger partial charge in [0.15, 0.2) is 4.34 Å². The summed E-state index contributed by atoms with van der Waals surface area (Å²) in [5.41, 5.74) is 2.70. The Morgan fingerprint density at radius 3 is 3.10 bits per heavy atom. The molecule has 1 aromatic heterocycles. The average Bonchev–Trinajstić information content (AvgIpc) is 2.92. The van der Waals surface area contributed by atoms with Gasteiger partial charge in [0.25, 0.3) is 5.19 Å². The van der Waals surface area contributed by atoms with Crippen molar-refractivity contribution in [2.45, 2.75) is 36.8 Å². The molecular formula is C15H18N2O2S2. The van der Waals surface area contributed by atoms with Crippen LogP contribution in [0.5, 0.6) is 5.19 Å². The highest BCUT2D eigenvalue weighted by atomic mass is 32.2. The Bertz CT molecular complexity index is 601. The predicted octanol–water partition coefficient (Wildman–Crippen LogP) is 3.73. The van der Waals surface area contributed by atoms with Crippen LogP contribution in [-0.2, 0) is 11.2 Å². The Kier molecular flexibility index (Phi) is 4.77. The first kappa shape index (κ1) is 14.8. The van der Waals surface area contributed by atoms with E-state index in [-0.39, 0.29) is 12.2 Å². The number of benzene rings is 1. The van der Waals surface area contributed by atoms with Crippen molar-refractivity contribution in [1.29, 1.82) is 0 Å². The topological polar surface area (TPSA) is 44.2 Å². The first-order valence-corrected chi connectivity index (χ1v) is 8.85. The van der Waals surface area contributed by atoms with E-state index in [1.807, 2.05) is 13.8 Å². The van der Waals surface area contributed by atoms with Crippen molar-refractivity contribution in [3.05, 3.63) is 35.4 Å². The van der Waals surface area contributed by atoms with Crippen LogP contribution < -0.4 is 4.74 Å². The number of hydrogen-bond acceptors (Lipinski definition) is 6. The van der Waals surface area contributed by atoms with E-state index >= 15 is 0 Å². The Hall–Kier alpha value is -1.11. The molecule has 1 aromatic carbocycles. The molecule has 0 radical (unpaired) electrons. The van der Waals surface area contributed by atoms with Gasteiger partial charge >= 0.3 is 0 Å². The monoisotopic (exact) mass is 322 g/mol. The highest BCUT2D eigenvalue weighted by Crippen LogP contribution is 2.34. The molecule has 0 N–H and O–H groups in total. The molecule has 0 unspecified atom stereocenters. The van der Waals surface area contributed by atoms with Gasteiger partial charge in [-0.05, 0) is 42.7 Å². The molecule has 112 valence electrons. The van der Waals surface area contributed by atoms with Gasteiger partial charge in [-0.25, -0.2) is 0 Å². The lowest BCUT2D eigenvalue weighted by Crippen LogP contribution is -2.17. The molecule has 1 aliphatic rings. The highest BCUT2D eigenvalue weighted by Gasteiger charge is 2.21. The fraction of sp³-hybridized carbons (Fsp3) is 0.467.